The number of hydrogen-bond acceptors (Lipinski definition) is 5. The summed E-state index contributed by atoms with van der Waals surface area (Å²) in [5.41, 5.74) is 10.6. The van der Waals surface area contributed by atoms with Crippen LogP contribution in [0.1, 0.15) is 31.4 Å². The molecule has 3 aromatic heterocycles. The summed E-state index contributed by atoms with van der Waals surface area (Å²) in [6.45, 7) is 4.35. The van der Waals surface area contributed by atoms with Crippen molar-refractivity contribution in [2.75, 3.05) is 5.73 Å². The van der Waals surface area contributed by atoms with Crippen LogP contribution in [0, 0.1) is 12.8 Å². The van der Waals surface area contributed by atoms with Gasteiger partial charge in [-0.3, -0.25) is 4.68 Å². The van der Waals surface area contributed by atoms with Gasteiger partial charge in [0.1, 0.15) is 6.33 Å². The average Bonchev–Trinajstić information content (AvgIpc) is 3.19. The maximum Gasteiger partial charge on any atom is 0.197 e. The molecule has 1 fully saturated rings. The molecule has 0 spiro atoms. The van der Waals surface area contributed by atoms with Crippen molar-refractivity contribution in [1.82, 2.24) is 29.4 Å². The molecule has 0 amide bonds. The zero-order chi connectivity index (χ0) is 17.1. The summed E-state index contributed by atoms with van der Waals surface area (Å²) < 4.78 is 3.86. The molecular weight excluding hydrogens is 314 g/mol. The summed E-state index contributed by atoms with van der Waals surface area (Å²) >= 11 is 0. The van der Waals surface area contributed by atoms with E-state index in [0.717, 1.165) is 33.6 Å². The third-order valence-corrected chi connectivity index (χ3v) is 5.17. The van der Waals surface area contributed by atoms with Crippen molar-refractivity contribution >= 4 is 22.4 Å². The van der Waals surface area contributed by atoms with E-state index in [9.17, 15) is 0 Å². The fourth-order valence-electron chi connectivity index (χ4n) is 3.51. The van der Waals surface area contributed by atoms with Crippen LogP contribution in [0.3, 0.4) is 0 Å². The Kier molecular flexibility index (Phi) is 2.89. The van der Waals surface area contributed by atoms with Gasteiger partial charge in [-0.05, 0) is 50.3 Å². The molecule has 7 nitrogen and oxygen atoms in total. The first-order valence-corrected chi connectivity index (χ1v) is 8.56. The highest BCUT2D eigenvalue weighted by Gasteiger charge is 2.29. The van der Waals surface area contributed by atoms with Crippen LogP contribution < -0.4 is 5.73 Å². The maximum atomic E-state index is 5.89. The molecule has 25 heavy (non-hydrogen) atoms. The number of fused-ring (bicyclic) bond motifs is 2. The van der Waals surface area contributed by atoms with Crippen LogP contribution in [0.4, 0.5) is 5.82 Å². The van der Waals surface area contributed by atoms with E-state index in [0.29, 0.717) is 17.5 Å². The van der Waals surface area contributed by atoms with Gasteiger partial charge in [-0.25, -0.2) is 14.5 Å². The fourth-order valence-corrected chi connectivity index (χ4v) is 3.51. The fraction of sp³-hybridized carbons (Fsp3) is 0.333. The minimum atomic E-state index is 0.380. The standard InChI is InChI=1S/C18H19N7/c1-10-5-13(15-7-20-18-17(19)21-9-22-25(15)18)6-14-8-24(23-16(10)14)11(2)12-3-4-12/h5-9,11-12H,3-4H2,1-2H3,(H2,19,21,22)/t11-/m0/s1. The molecule has 2 N–H and O–H groups in total. The number of imidazole rings is 1. The Morgan fingerprint density at radius 1 is 1.24 bits per heavy atom. The number of nitrogen functional groups attached to an aromatic ring is 1. The summed E-state index contributed by atoms with van der Waals surface area (Å²) in [6, 6.07) is 4.73. The summed E-state index contributed by atoms with van der Waals surface area (Å²) in [7, 11) is 0. The lowest BCUT2D eigenvalue weighted by molar-refractivity contribution is 0.443. The van der Waals surface area contributed by atoms with Crippen LogP contribution >= 0.6 is 0 Å². The van der Waals surface area contributed by atoms with Crippen molar-refractivity contribution in [3.05, 3.63) is 36.4 Å². The molecule has 1 atom stereocenters. The quantitative estimate of drug-likeness (QED) is 0.623. The first kappa shape index (κ1) is 14.4. The van der Waals surface area contributed by atoms with Crippen molar-refractivity contribution in [3.63, 3.8) is 0 Å². The van der Waals surface area contributed by atoms with E-state index in [2.05, 4.69) is 51.9 Å². The van der Waals surface area contributed by atoms with E-state index in [4.69, 9.17) is 10.8 Å². The van der Waals surface area contributed by atoms with Gasteiger partial charge < -0.3 is 5.73 Å². The molecule has 0 saturated heterocycles. The van der Waals surface area contributed by atoms with Crippen LogP contribution in [0.15, 0.2) is 30.9 Å². The molecular formula is C18H19N7. The monoisotopic (exact) mass is 333 g/mol. The predicted octanol–water partition coefficient (Wildman–Crippen LogP) is 3.00. The smallest absolute Gasteiger partial charge is 0.197 e. The molecule has 0 radical (unpaired) electrons. The number of rotatable bonds is 3. The third-order valence-electron chi connectivity index (χ3n) is 5.17. The molecule has 1 saturated carbocycles. The largest absolute Gasteiger partial charge is 0.381 e. The summed E-state index contributed by atoms with van der Waals surface area (Å²) in [5.74, 6) is 1.15. The lowest BCUT2D eigenvalue weighted by Crippen LogP contribution is -2.07. The van der Waals surface area contributed by atoms with Gasteiger partial charge in [-0.15, -0.1) is 0 Å². The molecule has 4 aromatic rings. The van der Waals surface area contributed by atoms with Crippen LogP contribution in [-0.2, 0) is 0 Å². The Bertz CT molecular complexity index is 1100. The van der Waals surface area contributed by atoms with Gasteiger partial charge in [0.2, 0.25) is 0 Å². The van der Waals surface area contributed by atoms with Crippen molar-refractivity contribution in [2.45, 2.75) is 32.7 Å². The molecule has 7 heteroatoms. The molecule has 1 aromatic carbocycles. The number of aryl methyl sites for hydroxylation is 1. The van der Waals surface area contributed by atoms with Crippen LogP contribution in [-0.4, -0.2) is 29.4 Å². The predicted molar refractivity (Wildman–Crippen MR) is 96.1 cm³/mol. The Balaban J connectivity index is 1.67. The second-order valence-corrected chi connectivity index (χ2v) is 6.94. The van der Waals surface area contributed by atoms with E-state index in [1.54, 1.807) is 10.7 Å². The first-order chi connectivity index (χ1) is 12.1. The molecule has 0 bridgehead atoms. The zero-order valence-electron chi connectivity index (χ0n) is 14.2. The second kappa shape index (κ2) is 5.02. The Morgan fingerprint density at radius 2 is 2.08 bits per heavy atom. The minimum absolute atomic E-state index is 0.380. The van der Waals surface area contributed by atoms with Gasteiger partial charge in [-0.1, -0.05) is 0 Å². The van der Waals surface area contributed by atoms with Gasteiger partial charge in [-0.2, -0.15) is 10.2 Å². The normalized spacial score (nSPS) is 15.9. The number of anilines is 1. The highest BCUT2D eigenvalue weighted by Crippen LogP contribution is 2.40. The second-order valence-electron chi connectivity index (χ2n) is 6.94. The number of benzene rings is 1. The first-order valence-electron chi connectivity index (χ1n) is 8.56. The van der Waals surface area contributed by atoms with E-state index < -0.39 is 0 Å². The maximum absolute atomic E-state index is 5.89. The summed E-state index contributed by atoms with van der Waals surface area (Å²) in [5, 5.41) is 10.3. The van der Waals surface area contributed by atoms with E-state index in [-0.39, 0.29) is 0 Å². The highest BCUT2D eigenvalue weighted by atomic mass is 15.3. The third kappa shape index (κ3) is 2.19. The van der Waals surface area contributed by atoms with E-state index in [1.165, 1.54) is 19.2 Å². The van der Waals surface area contributed by atoms with E-state index in [1.807, 2.05) is 0 Å². The zero-order valence-corrected chi connectivity index (χ0v) is 14.2. The van der Waals surface area contributed by atoms with Crippen LogP contribution in [0.2, 0.25) is 0 Å². The van der Waals surface area contributed by atoms with Crippen molar-refractivity contribution in [1.29, 1.82) is 0 Å². The number of aromatic nitrogens is 6. The Labute approximate surface area is 144 Å². The van der Waals surface area contributed by atoms with Gasteiger partial charge in [0.25, 0.3) is 0 Å². The minimum Gasteiger partial charge on any atom is -0.381 e. The number of nitrogens with zero attached hydrogens (tertiary/aromatic N) is 6. The topological polar surface area (TPSA) is 86.9 Å². The van der Waals surface area contributed by atoms with Crippen molar-refractivity contribution < 1.29 is 0 Å². The average molecular weight is 333 g/mol. The SMILES string of the molecule is Cc1cc(-c2cnc3c(N)ncnn23)cc2cn([C@@H](C)C3CC3)nc12. The van der Waals surface area contributed by atoms with Crippen LogP contribution in [0.5, 0.6) is 0 Å². The number of nitrogens with two attached hydrogens (primary N) is 1. The highest BCUT2D eigenvalue weighted by molar-refractivity contribution is 5.87. The molecule has 126 valence electrons. The van der Waals surface area contributed by atoms with Gasteiger partial charge in [0, 0.05) is 17.1 Å². The molecule has 3 heterocycles. The van der Waals surface area contributed by atoms with Gasteiger partial charge >= 0.3 is 0 Å². The van der Waals surface area contributed by atoms with Gasteiger partial charge in [0.15, 0.2) is 11.5 Å². The van der Waals surface area contributed by atoms with E-state index >= 15 is 0 Å². The molecule has 0 unspecified atom stereocenters. The molecule has 0 aliphatic heterocycles. The lowest BCUT2D eigenvalue weighted by Gasteiger charge is -2.09. The number of hydrogen-bond donors (Lipinski definition) is 1. The Hall–Kier alpha value is -2.96. The molecule has 1 aliphatic rings. The summed E-state index contributed by atoms with van der Waals surface area (Å²) in [6.07, 6.45) is 8.02. The Morgan fingerprint density at radius 3 is 2.88 bits per heavy atom. The lowest BCUT2D eigenvalue weighted by atomic mass is 10.1. The van der Waals surface area contributed by atoms with Crippen molar-refractivity contribution in [2.24, 2.45) is 5.92 Å². The molecule has 1 aliphatic carbocycles. The van der Waals surface area contributed by atoms with Crippen LogP contribution in [0.25, 0.3) is 27.8 Å². The van der Waals surface area contributed by atoms with Crippen molar-refractivity contribution in [3.8, 4) is 11.3 Å². The van der Waals surface area contributed by atoms with Gasteiger partial charge in [0.05, 0.1) is 23.4 Å². The molecule has 5 rings (SSSR count). The summed E-state index contributed by atoms with van der Waals surface area (Å²) in [4.78, 5) is 8.36.